The molecule has 1 unspecified atom stereocenters. The second-order valence-electron chi connectivity index (χ2n) is 6.85. The van der Waals surface area contributed by atoms with Crippen LogP contribution >= 0.6 is 0 Å². The van der Waals surface area contributed by atoms with Gasteiger partial charge in [-0.1, -0.05) is 40.3 Å². The van der Waals surface area contributed by atoms with Crippen LogP contribution in [0, 0.1) is 5.41 Å². The van der Waals surface area contributed by atoms with Gasteiger partial charge < -0.3 is 10.6 Å². The second-order valence-corrected chi connectivity index (χ2v) is 6.85. The minimum Gasteiger partial charge on any atom is -0.342 e. The summed E-state index contributed by atoms with van der Waals surface area (Å²) < 4.78 is 0. The maximum absolute atomic E-state index is 11.8. The van der Waals surface area contributed by atoms with Gasteiger partial charge in [-0.3, -0.25) is 14.6 Å². The molecule has 0 saturated carbocycles. The van der Waals surface area contributed by atoms with E-state index < -0.39 is 0 Å². The van der Waals surface area contributed by atoms with Gasteiger partial charge in [-0.15, -0.1) is 0 Å². The lowest BCUT2D eigenvalue weighted by atomic mass is 10.0. The number of amides is 2. The average molecular weight is 303 g/mol. The Balaban J connectivity index is 0.000000422. The number of pyridine rings is 1. The summed E-state index contributed by atoms with van der Waals surface area (Å²) in [5, 5.41) is 5.41. The molecule has 1 aliphatic heterocycles. The van der Waals surface area contributed by atoms with Crippen LogP contribution in [0.15, 0.2) is 36.7 Å². The first-order valence-electron chi connectivity index (χ1n) is 7.37. The Morgan fingerprint density at radius 1 is 1.36 bits per heavy atom. The number of carbonyl (C=O) groups excluding carboxylic acids is 2. The molecule has 1 aromatic heterocycles. The lowest BCUT2D eigenvalue weighted by Gasteiger charge is -2.25. The van der Waals surface area contributed by atoms with E-state index in [0.29, 0.717) is 29.6 Å². The zero-order chi connectivity index (χ0) is 16.8. The molecule has 5 heteroatoms. The third-order valence-electron chi connectivity index (χ3n) is 2.58. The van der Waals surface area contributed by atoms with Crippen molar-refractivity contribution in [3.63, 3.8) is 0 Å². The normalized spacial score (nSPS) is 17.9. The first kappa shape index (κ1) is 17.9. The Kier molecular flexibility index (Phi) is 6.28. The van der Waals surface area contributed by atoms with Crippen LogP contribution in [0.4, 0.5) is 0 Å². The lowest BCUT2D eigenvalue weighted by molar-refractivity contribution is -0.121. The monoisotopic (exact) mass is 303 g/mol. The van der Waals surface area contributed by atoms with Crippen LogP contribution in [0.3, 0.4) is 0 Å². The van der Waals surface area contributed by atoms with E-state index in [2.05, 4.69) is 49.9 Å². The van der Waals surface area contributed by atoms with Gasteiger partial charge in [-0.2, -0.15) is 0 Å². The van der Waals surface area contributed by atoms with E-state index in [4.69, 9.17) is 0 Å². The smallest absolute Gasteiger partial charge is 0.270 e. The topological polar surface area (TPSA) is 71.1 Å². The predicted octanol–water partition coefficient (Wildman–Crippen LogP) is 2.66. The van der Waals surface area contributed by atoms with Gasteiger partial charge in [-0.25, -0.2) is 0 Å². The van der Waals surface area contributed by atoms with Gasteiger partial charge in [-0.05, 0) is 24.0 Å². The van der Waals surface area contributed by atoms with E-state index in [1.165, 1.54) is 0 Å². The van der Waals surface area contributed by atoms with Crippen molar-refractivity contribution >= 4 is 11.8 Å². The number of nitrogens with zero attached hydrogens (tertiary/aromatic N) is 1. The second kappa shape index (κ2) is 7.73. The van der Waals surface area contributed by atoms with Crippen LogP contribution in [0.5, 0.6) is 0 Å². The van der Waals surface area contributed by atoms with E-state index >= 15 is 0 Å². The number of aromatic nitrogens is 1. The van der Waals surface area contributed by atoms with Gasteiger partial charge in [0.05, 0.1) is 6.04 Å². The molecule has 0 bridgehead atoms. The summed E-state index contributed by atoms with van der Waals surface area (Å²) in [6.07, 6.45) is 2.53. The third-order valence-corrected chi connectivity index (χ3v) is 2.58. The number of piperidine rings is 1. The van der Waals surface area contributed by atoms with Gasteiger partial charge in [0.1, 0.15) is 5.69 Å². The Morgan fingerprint density at radius 2 is 2.00 bits per heavy atom. The van der Waals surface area contributed by atoms with Crippen LogP contribution in [0.1, 0.15) is 51.0 Å². The van der Waals surface area contributed by atoms with Gasteiger partial charge in [0.25, 0.3) is 5.91 Å². The Labute approximate surface area is 132 Å². The molecule has 0 radical (unpaired) electrons. The molecule has 1 aromatic rings. The number of hydrogen-bond acceptors (Lipinski definition) is 3. The Morgan fingerprint density at radius 3 is 2.50 bits per heavy atom. The standard InChI is InChI=1S/C12H13N3O2.C5H12/c1-8-9(5-6-11(16)14-8)15-12(17)10-4-2-3-7-13-10;1-5(2,3)4/h2-4,7,9H,1,5-6H2,(H,14,16)(H,15,17);1-4H3. The molecule has 0 aromatic carbocycles. The van der Waals surface area contributed by atoms with E-state index in [-0.39, 0.29) is 17.9 Å². The molecule has 0 spiro atoms. The molecule has 2 heterocycles. The summed E-state index contributed by atoms with van der Waals surface area (Å²) in [6, 6.07) is 4.91. The van der Waals surface area contributed by atoms with Crippen molar-refractivity contribution in [3.8, 4) is 0 Å². The van der Waals surface area contributed by atoms with E-state index in [1.807, 2.05) is 0 Å². The van der Waals surface area contributed by atoms with Crippen LogP contribution in [0.25, 0.3) is 0 Å². The summed E-state index contributed by atoms with van der Waals surface area (Å²) >= 11 is 0. The minimum absolute atomic E-state index is 0.0571. The molecule has 2 N–H and O–H groups in total. The summed E-state index contributed by atoms with van der Waals surface area (Å²) in [5.41, 5.74) is 1.39. The first-order valence-corrected chi connectivity index (χ1v) is 7.37. The molecule has 1 saturated heterocycles. The lowest BCUT2D eigenvalue weighted by Crippen LogP contribution is -2.45. The molecular formula is C17H25N3O2. The third kappa shape index (κ3) is 7.02. The zero-order valence-corrected chi connectivity index (χ0v) is 13.8. The van der Waals surface area contributed by atoms with Crippen molar-refractivity contribution in [2.45, 2.75) is 46.6 Å². The molecule has 1 fully saturated rings. The van der Waals surface area contributed by atoms with Crippen LogP contribution in [0.2, 0.25) is 0 Å². The number of rotatable bonds is 2. The highest BCUT2D eigenvalue weighted by atomic mass is 16.2. The van der Waals surface area contributed by atoms with Crippen molar-refractivity contribution in [2.24, 2.45) is 5.41 Å². The fraction of sp³-hybridized carbons (Fsp3) is 0.471. The van der Waals surface area contributed by atoms with Crippen LogP contribution < -0.4 is 10.6 Å². The molecule has 5 nitrogen and oxygen atoms in total. The van der Waals surface area contributed by atoms with Gasteiger partial charge in [0.15, 0.2) is 0 Å². The molecule has 22 heavy (non-hydrogen) atoms. The maximum Gasteiger partial charge on any atom is 0.270 e. The molecular weight excluding hydrogens is 278 g/mol. The molecule has 1 aliphatic rings. The quantitative estimate of drug-likeness (QED) is 0.882. The van der Waals surface area contributed by atoms with Crippen molar-refractivity contribution in [2.75, 3.05) is 0 Å². The van der Waals surface area contributed by atoms with E-state index in [0.717, 1.165) is 0 Å². The summed E-state index contributed by atoms with van der Waals surface area (Å²) in [6.45, 7) is 12.5. The fourth-order valence-corrected chi connectivity index (χ4v) is 1.67. The van der Waals surface area contributed by atoms with Crippen molar-refractivity contribution in [1.82, 2.24) is 15.6 Å². The van der Waals surface area contributed by atoms with Crippen molar-refractivity contribution in [1.29, 1.82) is 0 Å². The highest BCUT2D eigenvalue weighted by molar-refractivity contribution is 5.93. The van der Waals surface area contributed by atoms with Gasteiger partial charge in [0.2, 0.25) is 5.91 Å². The molecule has 120 valence electrons. The van der Waals surface area contributed by atoms with Crippen LogP contribution in [-0.2, 0) is 4.79 Å². The number of hydrogen-bond donors (Lipinski definition) is 2. The molecule has 1 atom stereocenters. The first-order chi connectivity index (χ1) is 10.2. The molecule has 2 amide bonds. The fourth-order valence-electron chi connectivity index (χ4n) is 1.67. The summed E-state index contributed by atoms with van der Waals surface area (Å²) in [4.78, 5) is 26.8. The zero-order valence-electron chi connectivity index (χ0n) is 13.8. The SMILES string of the molecule is C=C1NC(=O)CCC1NC(=O)c1ccccn1.CC(C)(C)C. The molecule has 0 aliphatic carbocycles. The molecule has 2 rings (SSSR count). The van der Waals surface area contributed by atoms with Gasteiger partial charge >= 0.3 is 0 Å². The number of nitrogens with one attached hydrogen (secondary N) is 2. The minimum atomic E-state index is -0.257. The Hall–Kier alpha value is -2.17. The highest BCUT2D eigenvalue weighted by Crippen LogP contribution is 2.11. The van der Waals surface area contributed by atoms with Crippen molar-refractivity contribution < 1.29 is 9.59 Å². The highest BCUT2D eigenvalue weighted by Gasteiger charge is 2.23. The van der Waals surface area contributed by atoms with E-state index in [9.17, 15) is 9.59 Å². The average Bonchev–Trinajstić information content (AvgIpc) is 2.41. The summed E-state index contributed by atoms with van der Waals surface area (Å²) in [7, 11) is 0. The number of carbonyl (C=O) groups is 2. The predicted molar refractivity (Wildman–Crippen MR) is 87.1 cm³/mol. The van der Waals surface area contributed by atoms with Crippen molar-refractivity contribution in [3.05, 3.63) is 42.4 Å². The van der Waals surface area contributed by atoms with Gasteiger partial charge in [0, 0.05) is 18.3 Å². The Bertz CT molecular complexity index is 527. The van der Waals surface area contributed by atoms with E-state index in [1.54, 1.807) is 24.4 Å². The largest absolute Gasteiger partial charge is 0.342 e. The maximum atomic E-state index is 11.8. The van der Waals surface area contributed by atoms with Crippen LogP contribution in [-0.4, -0.2) is 22.8 Å². The summed E-state index contributed by atoms with van der Waals surface area (Å²) in [5.74, 6) is -0.314.